The molecule has 45 heavy (non-hydrogen) atoms. The lowest BCUT2D eigenvalue weighted by molar-refractivity contribution is -0.152. The predicted octanol–water partition coefficient (Wildman–Crippen LogP) is 5.50. The maximum absolute atomic E-state index is 12.8. The Balaban J connectivity index is 1.34. The highest BCUT2D eigenvalue weighted by Crippen LogP contribution is 2.36. The lowest BCUT2D eigenvalue weighted by Crippen LogP contribution is -2.66. The third kappa shape index (κ3) is 6.79. The third-order valence-corrected chi connectivity index (χ3v) is 13.2. The number of nitrogens with one attached hydrogen (secondary N) is 1. The van der Waals surface area contributed by atoms with Crippen molar-refractivity contribution in [1.82, 2.24) is 20.2 Å². The highest BCUT2D eigenvalue weighted by atomic mass is 35.5. The zero-order chi connectivity index (χ0) is 32.0. The van der Waals surface area contributed by atoms with Crippen LogP contribution in [0.4, 0.5) is 0 Å². The van der Waals surface area contributed by atoms with E-state index in [-0.39, 0.29) is 24.1 Å². The molecule has 9 nitrogen and oxygen atoms in total. The van der Waals surface area contributed by atoms with Crippen molar-refractivity contribution in [2.75, 3.05) is 26.9 Å². The molecule has 0 fully saturated rings. The number of carbonyl (C=O) groups excluding carboxylic acids is 1. The molecular formula is C34H37ClN4O5Si. The maximum Gasteiger partial charge on any atom is 0.349 e. The Hall–Kier alpha value is -4.09. The Bertz CT molecular complexity index is 1710. The van der Waals surface area contributed by atoms with Crippen LogP contribution in [0.1, 0.15) is 26.3 Å². The van der Waals surface area contributed by atoms with Gasteiger partial charge in [0.2, 0.25) is 12.0 Å². The molecule has 1 N–H and O–H groups in total. The fourth-order valence-corrected chi connectivity index (χ4v) is 10.2. The highest BCUT2D eigenvalue weighted by molar-refractivity contribution is 6.99. The molecule has 0 aliphatic rings. The van der Waals surface area contributed by atoms with Gasteiger partial charge in [-0.1, -0.05) is 105 Å². The molecule has 234 valence electrons. The number of nitrogens with zero attached hydrogens (tertiary/aromatic N) is 3. The minimum atomic E-state index is -2.73. The monoisotopic (exact) mass is 644 g/mol. The SMILES string of the molecule is COC(=O)[C@H](COCCO[Si](c1ccccc1)(c1ccccc1)C(C)(C)C)Oc1nc(-c2cccc(Cl)c2C)nc2[nH]ncc12. The first-order chi connectivity index (χ1) is 21.7. The van der Waals surface area contributed by atoms with E-state index in [1.54, 1.807) is 12.3 Å². The Morgan fingerprint density at radius 2 is 1.60 bits per heavy atom. The van der Waals surface area contributed by atoms with Crippen molar-refractivity contribution in [1.29, 1.82) is 0 Å². The Morgan fingerprint density at radius 1 is 0.933 bits per heavy atom. The number of rotatable bonds is 12. The molecule has 0 bridgehead atoms. The van der Waals surface area contributed by atoms with Crippen molar-refractivity contribution < 1.29 is 23.4 Å². The van der Waals surface area contributed by atoms with Gasteiger partial charge in [-0.3, -0.25) is 5.10 Å². The number of halogens is 1. The highest BCUT2D eigenvalue weighted by Gasteiger charge is 2.50. The molecule has 0 radical (unpaired) electrons. The number of aromatic amines is 1. The number of carbonyl (C=O) groups is 1. The van der Waals surface area contributed by atoms with Crippen molar-refractivity contribution in [2.24, 2.45) is 0 Å². The summed E-state index contributed by atoms with van der Waals surface area (Å²) in [6.45, 7) is 9.03. The molecule has 3 aromatic carbocycles. The predicted molar refractivity (Wildman–Crippen MR) is 178 cm³/mol. The molecule has 0 amide bonds. The smallest absolute Gasteiger partial charge is 0.349 e. The lowest BCUT2D eigenvalue weighted by Gasteiger charge is -2.43. The van der Waals surface area contributed by atoms with Crippen molar-refractivity contribution in [3.8, 4) is 17.3 Å². The standard InChI is InChI=1S/C34H37ClN4O5Si/c1-23-26(17-12-18-28(23)35)30-37-31-27(21-36-39-31)32(38-30)44-29(33(40)41-5)22-42-19-20-43-45(34(2,3)4,24-13-8-6-9-14-24)25-15-10-7-11-16-25/h6-18,21,29H,19-20,22H2,1-5H3,(H,36,37,38,39)/t29-/m0/s1. The van der Waals surface area contributed by atoms with Gasteiger partial charge in [0.05, 0.1) is 33.1 Å². The van der Waals surface area contributed by atoms with Crippen LogP contribution in [0.25, 0.3) is 22.4 Å². The van der Waals surface area contributed by atoms with Gasteiger partial charge in [0.25, 0.3) is 8.32 Å². The quantitative estimate of drug-likeness (QED) is 0.108. The average Bonchev–Trinajstić information content (AvgIpc) is 3.52. The van der Waals surface area contributed by atoms with Gasteiger partial charge >= 0.3 is 5.97 Å². The van der Waals surface area contributed by atoms with Gasteiger partial charge in [-0.25, -0.2) is 9.78 Å². The summed E-state index contributed by atoms with van der Waals surface area (Å²) in [5.74, 6) is -0.0469. The first-order valence-electron chi connectivity index (χ1n) is 14.7. The molecule has 11 heteroatoms. The van der Waals surface area contributed by atoms with Gasteiger partial charge in [0.15, 0.2) is 11.5 Å². The average molecular weight is 645 g/mol. The second-order valence-corrected chi connectivity index (χ2v) is 16.3. The van der Waals surface area contributed by atoms with Crippen LogP contribution in [0.3, 0.4) is 0 Å². The first-order valence-corrected chi connectivity index (χ1v) is 17.0. The fourth-order valence-electron chi connectivity index (χ4n) is 5.49. The number of benzene rings is 3. The van der Waals surface area contributed by atoms with Crippen molar-refractivity contribution >= 4 is 47.3 Å². The molecule has 0 saturated carbocycles. The number of hydrogen-bond acceptors (Lipinski definition) is 8. The Morgan fingerprint density at radius 3 is 2.22 bits per heavy atom. The van der Waals surface area contributed by atoms with Crippen LogP contribution >= 0.6 is 11.6 Å². The fraction of sp³-hybridized carbons (Fsp3) is 0.294. The second kappa shape index (κ2) is 13.9. The van der Waals surface area contributed by atoms with E-state index in [2.05, 4.69) is 65.2 Å². The van der Waals surface area contributed by atoms with E-state index in [4.69, 9.17) is 30.2 Å². The van der Waals surface area contributed by atoms with Gasteiger partial charge in [0.1, 0.15) is 5.39 Å². The number of hydrogen-bond donors (Lipinski definition) is 1. The number of esters is 1. The number of fused-ring (bicyclic) bond motifs is 1. The van der Waals surface area contributed by atoms with E-state index in [0.29, 0.717) is 28.5 Å². The van der Waals surface area contributed by atoms with E-state index < -0.39 is 20.4 Å². The number of aromatic nitrogens is 4. The molecular weight excluding hydrogens is 608 g/mol. The molecule has 0 spiro atoms. The Kier molecular flexibility index (Phi) is 9.98. The number of methoxy groups -OCH3 is 1. The number of H-pyrrole nitrogens is 1. The molecule has 5 aromatic rings. The van der Waals surface area contributed by atoms with Gasteiger partial charge < -0.3 is 18.6 Å². The summed E-state index contributed by atoms with van der Waals surface area (Å²) in [7, 11) is -1.42. The van der Waals surface area contributed by atoms with Gasteiger partial charge in [-0.05, 0) is 34.0 Å². The van der Waals surface area contributed by atoms with Crippen molar-refractivity contribution in [3.63, 3.8) is 0 Å². The third-order valence-electron chi connectivity index (χ3n) is 7.73. The normalized spacial score (nSPS) is 12.7. The van der Waals surface area contributed by atoms with E-state index in [1.165, 1.54) is 17.5 Å². The summed E-state index contributed by atoms with van der Waals surface area (Å²) in [5, 5.41) is 10.2. The van der Waals surface area contributed by atoms with Crippen molar-refractivity contribution in [3.05, 3.63) is 95.6 Å². The van der Waals surface area contributed by atoms with Crippen molar-refractivity contribution in [2.45, 2.75) is 38.8 Å². The van der Waals surface area contributed by atoms with Gasteiger partial charge in [-0.2, -0.15) is 10.1 Å². The summed E-state index contributed by atoms with van der Waals surface area (Å²) in [5.41, 5.74) is 2.01. The Labute approximate surface area is 269 Å². The summed E-state index contributed by atoms with van der Waals surface area (Å²) < 4.78 is 24.1. The molecule has 2 aromatic heterocycles. The van der Waals surface area contributed by atoms with Gasteiger partial charge in [0, 0.05) is 10.6 Å². The van der Waals surface area contributed by atoms with E-state index in [0.717, 1.165) is 11.1 Å². The summed E-state index contributed by atoms with van der Waals surface area (Å²) in [4.78, 5) is 22.1. The number of ether oxygens (including phenoxy) is 3. The van der Waals surface area contributed by atoms with E-state index in [1.807, 2.05) is 55.5 Å². The molecule has 0 saturated heterocycles. The zero-order valence-electron chi connectivity index (χ0n) is 26.0. The molecule has 0 aliphatic heterocycles. The van der Waals surface area contributed by atoms with E-state index in [9.17, 15) is 4.79 Å². The second-order valence-electron chi connectivity index (χ2n) is 11.6. The molecule has 0 aliphatic carbocycles. The molecule has 1 atom stereocenters. The van der Waals surface area contributed by atoms with Gasteiger partial charge in [-0.15, -0.1) is 0 Å². The van der Waals surface area contributed by atoms with Crippen LogP contribution in [0.2, 0.25) is 10.1 Å². The lowest BCUT2D eigenvalue weighted by atomic mass is 10.1. The van der Waals surface area contributed by atoms with Crippen LogP contribution in [-0.2, 0) is 18.7 Å². The zero-order valence-corrected chi connectivity index (χ0v) is 27.8. The van der Waals surface area contributed by atoms with Crippen LogP contribution in [0, 0.1) is 6.92 Å². The van der Waals surface area contributed by atoms with Crippen LogP contribution in [0.5, 0.6) is 5.88 Å². The summed E-state index contributed by atoms with van der Waals surface area (Å²) in [6, 6.07) is 26.3. The van der Waals surface area contributed by atoms with E-state index >= 15 is 0 Å². The molecule has 2 heterocycles. The molecule has 5 rings (SSSR count). The van der Waals surface area contributed by atoms with Crippen LogP contribution < -0.4 is 15.1 Å². The topological polar surface area (TPSA) is 108 Å². The first kappa shape index (κ1) is 32.3. The summed E-state index contributed by atoms with van der Waals surface area (Å²) in [6.07, 6.45) is 0.454. The minimum absolute atomic E-state index is 0.0777. The minimum Gasteiger partial charge on any atom is -0.466 e. The summed E-state index contributed by atoms with van der Waals surface area (Å²) >= 11 is 6.36. The molecule has 0 unspecified atom stereocenters. The van der Waals surface area contributed by atoms with Crippen LogP contribution in [-0.4, -0.2) is 67.5 Å². The van der Waals surface area contributed by atoms with Crippen LogP contribution in [0.15, 0.2) is 85.1 Å². The largest absolute Gasteiger partial charge is 0.466 e. The maximum atomic E-state index is 12.8.